The summed E-state index contributed by atoms with van der Waals surface area (Å²) >= 11 is 5.85. The van der Waals surface area contributed by atoms with Gasteiger partial charge in [-0.05, 0) is 23.1 Å². The third-order valence-corrected chi connectivity index (χ3v) is 2.53. The van der Waals surface area contributed by atoms with Crippen molar-refractivity contribution < 1.29 is 9.90 Å². The Morgan fingerprint density at radius 3 is 2.40 bits per heavy atom. The predicted octanol–water partition coefficient (Wildman–Crippen LogP) is 3.55. The monoisotopic (exact) mass is 226 g/mol. The summed E-state index contributed by atoms with van der Waals surface area (Å²) in [5.41, 5.74) is 0.429. The van der Waals surface area contributed by atoms with E-state index >= 15 is 0 Å². The lowest BCUT2D eigenvalue weighted by Crippen LogP contribution is -2.26. The summed E-state index contributed by atoms with van der Waals surface area (Å²) in [5, 5.41) is 9.78. The third kappa shape index (κ3) is 2.96. The van der Waals surface area contributed by atoms with E-state index in [4.69, 9.17) is 11.6 Å². The number of halogens is 1. The van der Waals surface area contributed by atoms with Crippen molar-refractivity contribution in [2.45, 2.75) is 26.7 Å². The number of benzene rings is 1. The highest BCUT2D eigenvalue weighted by Crippen LogP contribution is 2.35. The smallest absolute Gasteiger partial charge is 0.311 e. The van der Waals surface area contributed by atoms with Gasteiger partial charge in [0.2, 0.25) is 0 Å². The molecule has 0 saturated heterocycles. The molecule has 1 N–H and O–H groups in total. The Kier molecular flexibility index (Phi) is 3.40. The first-order chi connectivity index (χ1) is 6.82. The first kappa shape index (κ1) is 12.1. The Labute approximate surface area is 94.9 Å². The van der Waals surface area contributed by atoms with E-state index in [1.165, 1.54) is 0 Å². The maximum atomic E-state index is 11.2. The molecular formula is C12H15ClO2. The van der Waals surface area contributed by atoms with E-state index in [0.29, 0.717) is 5.02 Å². The van der Waals surface area contributed by atoms with E-state index in [2.05, 4.69) is 0 Å². The van der Waals surface area contributed by atoms with Gasteiger partial charge in [-0.25, -0.2) is 0 Å². The summed E-state index contributed by atoms with van der Waals surface area (Å²) in [6.07, 6.45) is 0. The second kappa shape index (κ2) is 4.23. The quantitative estimate of drug-likeness (QED) is 0.837. The Balaban J connectivity index is 3.16. The van der Waals surface area contributed by atoms with Crippen molar-refractivity contribution in [3.63, 3.8) is 0 Å². The molecule has 0 fully saturated rings. The molecule has 0 bridgehead atoms. The average molecular weight is 227 g/mol. The number of hydrogen-bond donors (Lipinski definition) is 1. The molecule has 1 atom stereocenters. The number of carboxylic acids is 1. The predicted molar refractivity (Wildman–Crippen MR) is 61.3 cm³/mol. The molecule has 0 aliphatic rings. The lowest BCUT2D eigenvalue weighted by atomic mass is 9.76. The van der Waals surface area contributed by atoms with Crippen LogP contribution in [0, 0.1) is 5.41 Å². The molecule has 82 valence electrons. The van der Waals surface area contributed by atoms with E-state index in [-0.39, 0.29) is 5.41 Å². The number of carbonyl (C=O) groups is 1. The van der Waals surface area contributed by atoms with E-state index in [0.717, 1.165) is 5.56 Å². The zero-order valence-electron chi connectivity index (χ0n) is 9.12. The van der Waals surface area contributed by atoms with Crippen LogP contribution in [0.15, 0.2) is 24.3 Å². The van der Waals surface area contributed by atoms with E-state index in [9.17, 15) is 9.90 Å². The first-order valence-corrected chi connectivity index (χ1v) is 5.18. The van der Waals surface area contributed by atoms with Gasteiger partial charge >= 0.3 is 5.97 Å². The summed E-state index contributed by atoms with van der Waals surface area (Å²) in [6.45, 7) is 5.73. The molecule has 15 heavy (non-hydrogen) atoms. The maximum absolute atomic E-state index is 11.2. The molecule has 0 spiro atoms. The first-order valence-electron chi connectivity index (χ1n) is 4.80. The second-order valence-electron chi connectivity index (χ2n) is 4.69. The fourth-order valence-electron chi connectivity index (χ4n) is 1.70. The van der Waals surface area contributed by atoms with E-state index < -0.39 is 11.9 Å². The summed E-state index contributed by atoms with van der Waals surface area (Å²) < 4.78 is 0. The molecule has 0 aliphatic carbocycles. The van der Waals surface area contributed by atoms with Gasteiger partial charge in [0.1, 0.15) is 0 Å². The largest absolute Gasteiger partial charge is 0.481 e. The Morgan fingerprint density at radius 1 is 1.40 bits per heavy atom. The fraction of sp³-hybridized carbons (Fsp3) is 0.417. The van der Waals surface area contributed by atoms with Gasteiger partial charge in [0.25, 0.3) is 0 Å². The van der Waals surface area contributed by atoms with Crippen LogP contribution >= 0.6 is 11.6 Å². The number of carboxylic acid groups (broad SMARTS) is 1. The molecule has 0 saturated carbocycles. The molecule has 1 aromatic rings. The van der Waals surface area contributed by atoms with Crippen LogP contribution in [0.5, 0.6) is 0 Å². The van der Waals surface area contributed by atoms with Gasteiger partial charge in [0.15, 0.2) is 0 Å². The van der Waals surface area contributed by atoms with Crippen molar-refractivity contribution in [1.82, 2.24) is 0 Å². The van der Waals surface area contributed by atoms with Crippen molar-refractivity contribution in [3.8, 4) is 0 Å². The van der Waals surface area contributed by atoms with Crippen LogP contribution in [0.2, 0.25) is 5.02 Å². The standard InChI is InChI=1S/C12H15ClO2/c1-12(2,3)10(11(14)15)8-5-4-6-9(13)7-8/h4-7,10H,1-3H3,(H,14,15). The highest BCUT2D eigenvalue weighted by atomic mass is 35.5. The average Bonchev–Trinajstić information content (AvgIpc) is 1.99. The molecule has 1 rings (SSSR count). The summed E-state index contributed by atoms with van der Waals surface area (Å²) in [7, 11) is 0. The normalized spacial score (nSPS) is 13.6. The Hall–Kier alpha value is -1.02. The van der Waals surface area contributed by atoms with Gasteiger partial charge in [-0.2, -0.15) is 0 Å². The van der Waals surface area contributed by atoms with Gasteiger partial charge in [0.05, 0.1) is 5.92 Å². The molecule has 1 unspecified atom stereocenters. The van der Waals surface area contributed by atoms with E-state index in [1.54, 1.807) is 24.3 Å². The van der Waals surface area contributed by atoms with Crippen molar-refractivity contribution in [2.24, 2.45) is 5.41 Å². The topological polar surface area (TPSA) is 37.3 Å². The number of rotatable bonds is 2. The van der Waals surface area contributed by atoms with Crippen LogP contribution in [0.1, 0.15) is 32.3 Å². The highest BCUT2D eigenvalue weighted by molar-refractivity contribution is 6.30. The minimum Gasteiger partial charge on any atom is -0.481 e. The van der Waals surface area contributed by atoms with Crippen LogP contribution in [0.25, 0.3) is 0 Å². The lowest BCUT2D eigenvalue weighted by Gasteiger charge is -2.27. The van der Waals surface area contributed by atoms with Crippen molar-refractivity contribution in [3.05, 3.63) is 34.9 Å². The van der Waals surface area contributed by atoms with Gasteiger partial charge in [-0.15, -0.1) is 0 Å². The summed E-state index contributed by atoms with van der Waals surface area (Å²) in [5.74, 6) is -1.35. The number of hydrogen-bond acceptors (Lipinski definition) is 1. The SMILES string of the molecule is CC(C)(C)C(C(=O)O)c1cccc(Cl)c1. The van der Waals surface area contributed by atoms with Crippen LogP contribution < -0.4 is 0 Å². The second-order valence-corrected chi connectivity index (χ2v) is 5.13. The maximum Gasteiger partial charge on any atom is 0.311 e. The van der Waals surface area contributed by atoms with Gasteiger partial charge in [-0.1, -0.05) is 44.5 Å². The molecule has 0 amide bonds. The molecule has 3 heteroatoms. The third-order valence-electron chi connectivity index (χ3n) is 2.29. The molecule has 0 aromatic heterocycles. The van der Waals surface area contributed by atoms with Gasteiger partial charge in [0, 0.05) is 5.02 Å². The Morgan fingerprint density at radius 2 is 2.00 bits per heavy atom. The van der Waals surface area contributed by atoms with Gasteiger partial charge in [-0.3, -0.25) is 4.79 Å². The van der Waals surface area contributed by atoms with Crippen LogP contribution in [0.4, 0.5) is 0 Å². The zero-order valence-corrected chi connectivity index (χ0v) is 9.88. The molecule has 0 radical (unpaired) electrons. The Bertz CT molecular complexity index is 366. The number of aliphatic carboxylic acids is 1. The lowest BCUT2D eigenvalue weighted by molar-refractivity contribution is -0.141. The fourth-order valence-corrected chi connectivity index (χ4v) is 1.90. The zero-order chi connectivity index (χ0) is 11.6. The van der Waals surface area contributed by atoms with E-state index in [1.807, 2.05) is 20.8 Å². The van der Waals surface area contributed by atoms with Crippen molar-refractivity contribution in [2.75, 3.05) is 0 Å². The van der Waals surface area contributed by atoms with Crippen LogP contribution in [-0.2, 0) is 4.79 Å². The molecular weight excluding hydrogens is 212 g/mol. The summed E-state index contributed by atoms with van der Waals surface area (Å²) in [6, 6.07) is 7.04. The van der Waals surface area contributed by atoms with Crippen LogP contribution in [0.3, 0.4) is 0 Å². The molecule has 1 aromatic carbocycles. The minimum absolute atomic E-state index is 0.323. The van der Waals surface area contributed by atoms with Crippen LogP contribution in [-0.4, -0.2) is 11.1 Å². The molecule has 0 heterocycles. The van der Waals surface area contributed by atoms with Crippen molar-refractivity contribution in [1.29, 1.82) is 0 Å². The minimum atomic E-state index is -0.815. The highest BCUT2D eigenvalue weighted by Gasteiger charge is 2.32. The summed E-state index contributed by atoms with van der Waals surface area (Å²) in [4.78, 5) is 11.2. The molecule has 2 nitrogen and oxygen atoms in total. The molecule has 0 aliphatic heterocycles. The van der Waals surface area contributed by atoms with Gasteiger partial charge < -0.3 is 5.11 Å². The van der Waals surface area contributed by atoms with Crippen molar-refractivity contribution >= 4 is 17.6 Å².